The number of fused-ring (bicyclic) bond motifs is 1. The normalized spacial score (nSPS) is 36.6. The van der Waals surface area contributed by atoms with E-state index in [9.17, 15) is 49.2 Å². The number of aliphatic hydroxyl groups excluding tert-OH is 5. The van der Waals surface area contributed by atoms with Crippen LogP contribution in [-0.2, 0) is 32.0 Å². The van der Waals surface area contributed by atoms with Gasteiger partial charge in [0.15, 0.2) is 17.4 Å². The van der Waals surface area contributed by atoms with Gasteiger partial charge in [-0.25, -0.2) is 9.29 Å². The van der Waals surface area contributed by atoms with E-state index < -0.39 is 89.5 Å². The lowest BCUT2D eigenvalue weighted by Gasteiger charge is -2.40. The highest BCUT2D eigenvalue weighted by Gasteiger charge is 2.45. The summed E-state index contributed by atoms with van der Waals surface area (Å²) >= 11 is 0. The molecule has 0 bridgehead atoms. The number of rotatable bonds is 9. The first-order valence-corrected chi connectivity index (χ1v) is 14.1. The molecule has 2 aliphatic rings. The maximum absolute atomic E-state index is 12.1. The predicted octanol–water partition coefficient (Wildman–Crippen LogP) is -4.82. The smallest absolute Gasteiger partial charge is 0.280 e. The Balaban J connectivity index is 1.35. The first-order valence-electron chi connectivity index (χ1n) is 11.2. The molecule has 0 radical (unpaired) electrons. The number of anilines is 1. The topological polar surface area (TPSA) is 317 Å². The van der Waals surface area contributed by atoms with E-state index in [1.165, 1.54) is 6.92 Å². The van der Waals surface area contributed by atoms with Crippen LogP contribution in [-0.4, -0.2) is 107 Å². The zero-order valence-corrected chi connectivity index (χ0v) is 21.6. The molecule has 0 aromatic carbocycles. The Kier molecular flexibility index (Phi) is 8.63. The molecule has 2 fully saturated rings. The molecule has 2 saturated heterocycles. The number of nitrogens with one attached hydrogen (secondary N) is 1. The number of hydrogen-bond acceptors (Lipinski definition) is 18. The van der Waals surface area contributed by atoms with E-state index >= 15 is 0 Å². The standard InChI is InChI=1S/C17H27N5O15P2/c1-5-9(23)12(26)10(24)6(35-5)2-33-38(29,30)37-39(31,32)34-3-7-11(25)13(27)16(36-7)22-4-19-8-14(22)20-17(18)21-15(8)28/h4-7,9-13,16,23-27H,2-3H2,1H3,(H,29,30)(H,31,32)(H3,18,20,21,28)/p-2/t5?,6-,7-,9-,10?,11?,12?,13?,16-/m1/s1. The minimum atomic E-state index is -5.67. The number of aromatic nitrogens is 4. The Morgan fingerprint density at radius 3 is 2.18 bits per heavy atom. The molecule has 4 rings (SSSR count). The van der Waals surface area contributed by atoms with Crippen molar-refractivity contribution in [2.45, 2.75) is 62.0 Å². The van der Waals surface area contributed by atoms with Crippen LogP contribution < -0.4 is 21.1 Å². The number of aromatic amines is 1. The zero-order chi connectivity index (χ0) is 28.9. The Hall–Kier alpha value is -1.87. The van der Waals surface area contributed by atoms with Crippen LogP contribution in [0.4, 0.5) is 5.95 Å². The van der Waals surface area contributed by atoms with E-state index in [0.29, 0.717) is 0 Å². The second-order valence-corrected chi connectivity index (χ2v) is 11.7. The van der Waals surface area contributed by atoms with Crippen LogP contribution in [0.1, 0.15) is 13.2 Å². The van der Waals surface area contributed by atoms with Crippen molar-refractivity contribution in [3.8, 4) is 0 Å². The van der Waals surface area contributed by atoms with Gasteiger partial charge in [-0.3, -0.25) is 23.5 Å². The third kappa shape index (κ3) is 6.39. The lowest BCUT2D eigenvalue weighted by Crippen LogP contribution is -2.57. The summed E-state index contributed by atoms with van der Waals surface area (Å²) in [7, 11) is -11.3. The molecule has 0 saturated carbocycles. The molecule has 7 unspecified atom stereocenters. The van der Waals surface area contributed by atoms with Crippen LogP contribution in [0.3, 0.4) is 0 Å². The minimum absolute atomic E-state index is 0.111. The lowest BCUT2D eigenvalue weighted by atomic mass is 9.96. The number of phosphoric acid groups is 2. The highest BCUT2D eigenvalue weighted by molar-refractivity contribution is 7.59. The van der Waals surface area contributed by atoms with Crippen molar-refractivity contribution < 1.29 is 67.3 Å². The van der Waals surface area contributed by atoms with Crippen molar-refractivity contribution in [2.24, 2.45) is 0 Å². The van der Waals surface area contributed by atoms with E-state index in [1.807, 2.05) is 0 Å². The summed E-state index contributed by atoms with van der Waals surface area (Å²) in [5.41, 5.74) is 4.55. The quantitative estimate of drug-likeness (QED) is 0.133. The molecule has 20 nitrogen and oxygen atoms in total. The number of H-pyrrole nitrogens is 1. The van der Waals surface area contributed by atoms with E-state index in [0.717, 1.165) is 10.9 Å². The highest BCUT2D eigenvalue weighted by atomic mass is 31.3. The van der Waals surface area contributed by atoms with Crippen molar-refractivity contribution in [3.63, 3.8) is 0 Å². The summed E-state index contributed by atoms with van der Waals surface area (Å²) in [6, 6.07) is 0. The number of nitrogen functional groups attached to an aromatic ring is 1. The Bertz CT molecular complexity index is 1340. The number of aliphatic hydroxyl groups is 5. The predicted molar refractivity (Wildman–Crippen MR) is 119 cm³/mol. The Morgan fingerprint density at radius 2 is 1.56 bits per heavy atom. The highest BCUT2D eigenvalue weighted by Crippen LogP contribution is 2.56. The fourth-order valence-electron chi connectivity index (χ4n) is 4.00. The monoisotopic (exact) mass is 601 g/mol. The van der Waals surface area contributed by atoms with E-state index in [4.69, 9.17) is 15.2 Å². The van der Waals surface area contributed by atoms with Crippen LogP contribution in [0.25, 0.3) is 11.2 Å². The lowest BCUT2D eigenvalue weighted by molar-refractivity contribution is -0.253. The largest absolute Gasteiger partial charge is 0.756 e. The maximum atomic E-state index is 12.1. The van der Waals surface area contributed by atoms with Gasteiger partial charge in [0.25, 0.3) is 21.2 Å². The number of nitrogens with zero attached hydrogens (tertiary/aromatic N) is 3. The summed E-state index contributed by atoms with van der Waals surface area (Å²) in [5, 5.41) is 50.0. The number of phosphoric ester groups is 2. The van der Waals surface area contributed by atoms with Gasteiger partial charge in [-0.1, -0.05) is 0 Å². The Morgan fingerprint density at radius 1 is 1.00 bits per heavy atom. The molecule has 2 aromatic heterocycles. The first-order chi connectivity index (χ1) is 18.1. The van der Waals surface area contributed by atoms with Crippen LogP contribution in [0.15, 0.2) is 11.1 Å². The molecular formula is C17H25N5O15P2-2. The zero-order valence-electron chi connectivity index (χ0n) is 19.8. The summed E-state index contributed by atoms with van der Waals surface area (Å²) < 4.78 is 48.6. The molecule has 11 atom stereocenters. The molecule has 0 spiro atoms. The van der Waals surface area contributed by atoms with E-state index in [-0.39, 0.29) is 17.1 Å². The second kappa shape index (κ2) is 11.2. The minimum Gasteiger partial charge on any atom is -0.756 e. The van der Waals surface area contributed by atoms with Crippen LogP contribution in [0.5, 0.6) is 0 Å². The van der Waals surface area contributed by atoms with Gasteiger partial charge in [-0.2, -0.15) is 4.98 Å². The van der Waals surface area contributed by atoms with Crippen LogP contribution >= 0.6 is 15.6 Å². The number of imidazole rings is 1. The molecule has 2 aromatic rings. The van der Waals surface area contributed by atoms with Gasteiger partial charge in [0.1, 0.15) is 42.7 Å². The summed E-state index contributed by atoms with van der Waals surface area (Å²) in [5.74, 6) is -0.274. The first kappa shape index (κ1) is 30.1. The number of ether oxygens (including phenoxy) is 2. The fourth-order valence-corrected chi connectivity index (χ4v) is 6.02. The fraction of sp³-hybridized carbons (Fsp3) is 0.706. The summed E-state index contributed by atoms with van der Waals surface area (Å²) in [6.45, 7) is -0.666. The van der Waals surface area contributed by atoms with Crippen molar-refractivity contribution in [1.82, 2.24) is 19.5 Å². The molecule has 8 N–H and O–H groups in total. The molecule has 220 valence electrons. The van der Waals surface area contributed by atoms with Gasteiger partial charge in [-0.05, 0) is 6.92 Å². The van der Waals surface area contributed by atoms with Crippen molar-refractivity contribution in [1.29, 1.82) is 0 Å². The molecule has 22 heteroatoms. The SMILES string of the molecule is CC1O[C@H](COP(=O)([O-])OP(=O)([O-])OC[C@H]2O[C@@H](n3cnc4c(=O)[nH]c(N)nc43)C(O)C2O)C(O)C(O)[C@@H]1O. The second-order valence-electron chi connectivity index (χ2n) is 8.74. The average Bonchev–Trinajstić information content (AvgIpc) is 3.38. The van der Waals surface area contributed by atoms with Crippen molar-refractivity contribution in [2.75, 3.05) is 18.9 Å². The number of nitrogens with two attached hydrogens (primary N) is 1. The van der Waals surface area contributed by atoms with Gasteiger partial charge >= 0.3 is 0 Å². The molecule has 4 heterocycles. The van der Waals surface area contributed by atoms with Gasteiger partial charge in [0.05, 0.1) is 25.6 Å². The number of hydrogen-bond donors (Lipinski definition) is 7. The Labute approximate surface area is 217 Å². The van der Waals surface area contributed by atoms with Crippen LogP contribution in [0.2, 0.25) is 0 Å². The molecule has 0 aliphatic carbocycles. The third-order valence-electron chi connectivity index (χ3n) is 6.01. The summed E-state index contributed by atoms with van der Waals surface area (Å²) in [4.78, 5) is 46.0. The van der Waals surface area contributed by atoms with Gasteiger partial charge < -0.3 is 59.6 Å². The third-order valence-corrected chi connectivity index (χ3v) is 8.54. The molecular weight excluding hydrogens is 576 g/mol. The average molecular weight is 601 g/mol. The maximum Gasteiger partial charge on any atom is 0.280 e. The van der Waals surface area contributed by atoms with E-state index in [2.05, 4.69) is 28.3 Å². The van der Waals surface area contributed by atoms with Gasteiger partial charge in [0, 0.05) is 0 Å². The summed E-state index contributed by atoms with van der Waals surface area (Å²) in [6.07, 6.45) is -12.7. The van der Waals surface area contributed by atoms with E-state index in [1.54, 1.807) is 0 Å². The molecule has 0 amide bonds. The van der Waals surface area contributed by atoms with Crippen LogP contribution in [0, 0.1) is 0 Å². The van der Waals surface area contributed by atoms with Crippen molar-refractivity contribution in [3.05, 3.63) is 16.7 Å². The van der Waals surface area contributed by atoms with Crippen molar-refractivity contribution >= 4 is 32.8 Å². The van der Waals surface area contributed by atoms with Gasteiger partial charge in [-0.15, -0.1) is 0 Å². The molecule has 39 heavy (non-hydrogen) atoms. The molecule has 2 aliphatic heterocycles. The van der Waals surface area contributed by atoms with Gasteiger partial charge in [0.2, 0.25) is 5.95 Å².